The Hall–Kier alpha value is -3.88. The maximum atomic E-state index is 14.0. The van der Waals surface area contributed by atoms with Crippen molar-refractivity contribution >= 4 is 5.91 Å². The van der Waals surface area contributed by atoms with Crippen molar-refractivity contribution in [2.45, 2.75) is 12.3 Å². The first kappa shape index (κ1) is 20.4. The number of aromatic nitrogens is 4. The van der Waals surface area contributed by atoms with Crippen molar-refractivity contribution in [1.29, 1.82) is 0 Å². The predicted octanol–water partition coefficient (Wildman–Crippen LogP) is 3.48. The summed E-state index contributed by atoms with van der Waals surface area (Å²) >= 11 is 0. The molecule has 0 radical (unpaired) electrons. The van der Waals surface area contributed by atoms with Crippen LogP contribution in [-0.4, -0.2) is 32.4 Å². The van der Waals surface area contributed by atoms with Gasteiger partial charge in [0, 0.05) is 43.7 Å². The second-order valence-electron chi connectivity index (χ2n) is 7.33. The number of pyridine rings is 1. The number of rotatable bonds is 6. The van der Waals surface area contributed by atoms with Gasteiger partial charge in [0.2, 0.25) is 0 Å². The normalized spacial score (nSPS) is 13.0. The lowest BCUT2D eigenvalue weighted by Crippen LogP contribution is -2.40. The van der Waals surface area contributed by atoms with Crippen LogP contribution in [0.2, 0.25) is 0 Å². The molecule has 4 rings (SSSR count). The van der Waals surface area contributed by atoms with Gasteiger partial charge in [-0.3, -0.25) is 14.5 Å². The monoisotopic (exact) mass is 423 g/mol. The third-order valence-corrected chi connectivity index (χ3v) is 5.11. The van der Waals surface area contributed by atoms with Crippen molar-refractivity contribution in [2.75, 3.05) is 6.54 Å². The molecule has 3 aromatic heterocycles. The highest BCUT2D eigenvalue weighted by atomic mass is 19.1. The lowest BCUT2D eigenvalue weighted by molar-refractivity contribution is 0.0938. The topological polar surface area (TPSA) is 85.8 Å². The Morgan fingerprint density at radius 3 is 2.74 bits per heavy atom. The molecule has 1 atom stereocenters. The standard InChI is InChI=1S/C22H19F2N5O2/c1-22(14-11-27-29(2)12-14,20-5-3-4-8-25-20)13-26-21(30)18-10-19(31-28-18)16-7-6-15(23)9-17(16)24/h3-12H,13H2,1-2H3,(H,26,30). The van der Waals surface area contributed by atoms with E-state index < -0.39 is 23.0 Å². The Morgan fingerprint density at radius 1 is 1.23 bits per heavy atom. The largest absolute Gasteiger partial charge is 0.355 e. The van der Waals surface area contributed by atoms with E-state index in [2.05, 4.69) is 20.6 Å². The van der Waals surface area contributed by atoms with Crippen molar-refractivity contribution < 1.29 is 18.1 Å². The molecule has 0 saturated heterocycles. The summed E-state index contributed by atoms with van der Waals surface area (Å²) in [6, 6.07) is 9.96. The molecule has 0 aliphatic heterocycles. The maximum absolute atomic E-state index is 14.0. The minimum absolute atomic E-state index is 0.0154. The molecule has 0 fully saturated rings. The van der Waals surface area contributed by atoms with Crippen molar-refractivity contribution in [3.63, 3.8) is 0 Å². The Morgan fingerprint density at radius 2 is 2.06 bits per heavy atom. The number of carbonyl (C=O) groups excluding carboxylic acids is 1. The van der Waals surface area contributed by atoms with Gasteiger partial charge in [-0.15, -0.1) is 0 Å². The molecule has 158 valence electrons. The van der Waals surface area contributed by atoms with Crippen LogP contribution in [0.5, 0.6) is 0 Å². The van der Waals surface area contributed by atoms with Crippen LogP contribution < -0.4 is 5.32 Å². The highest BCUT2D eigenvalue weighted by molar-refractivity contribution is 5.93. The van der Waals surface area contributed by atoms with Gasteiger partial charge >= 0.3 is 0 Å². The smallest absolute Gasteiger partial charge is 0.273 e. The zero-order chi connectivity index (χ0) is 22.0. The molecule has 3 heterocycles. The molecule has 4 aromatic rings. The van der Waals surface area contributed by atoms with Crippen molar-refractivity contribution in [3.05, 3.63) is 89.6 Å². The summed E-state index contributed by atoms with van der Waals surface area (Å²) in [5.74, 6) is -1.98. The molecule has 9 heteroatoms. The van der Waals surface area contributed by atoms with E-state index in [-0.39, 0.29) is 23.6 Å². The number of aryl methyl sites for hydroxylation is 1. The van der Waals surface area contributed by atoms with E-state index in [1.807, 2.05) is 38.4 Å². The second kappa shape index (κ2) is 8.10. The second-order valence-corrected chi connectivity index (χ2v) is 7.33. The summed E-state index contributed by atoms with van der Waals surface area (Å²) < 4.78 is 33.9. The number of hydrogen-bond acceptors (Lipinski definition) is 5. The van der Waals surface area contributed by atoms with E-state index in [9.17, 15) is 13.6 Å². The maximum Gasteiger partial charge on any atom is 0.273 e. The first-order valence-corrected chi connectivity index (χ1v) is 9.48. The quantitative estimate of drug-likeness (QED) is 0.513. The molecule has 0 aliphatic rings. The molecule has 0 bridgehead atoms. The van der Waals surface area contributed by atoms with Gasteiger partial charge in [0.1, 0.15) is 11.6 Å². The molecule has 1 amide bonds. The first-order chi connectivity index (χ1) is 14.9. The predicted molar refractivity (Wildman–Crippen MR) is 108 cm³/mol. The van der Waals surface area contributed by atoms with Crippen LogP contribution in [0, 0.1) is 11.6 Å². The summed E-state index contributed by atoms with van der Waals surface area (Å²) in [7, 11) is 1.81. The van der Waals surface area contributed by atoms with Crippen LogP contribution in [0.1, 0.15) is 28.7 Å². The molecular formula is C22H19F2N5O2. The van der Waals surface area contributed by atoms with Gasteiger partial charge in [0.15, 0.2) is 11.5 Å². The summed E-state index contributed by atoms with van der Waals surface area (Å²) in [6.07, 6.45) is 5.28. The third-order valence-electron chi connectivity index (χ3n) is 5.11. The molecule has 7 nitrogen and oxygen atoms in total. The molecule has 0 aliphatic carbocycles. The lowest BCUT2D eigenvalue weighted by atomic mass is 9.80. The van der Waals surface area contributed by atoms with E-state index >= 15 is 0 Å². The van der Waals surface area contributed by atoms with Crippen LogP contribution in [0.4, 0.5) is 8.78 Å². The number of amides is 1. The molecule has 1 unspecified atom stereocenters. The van der Waals surface area contributed by atoms with E-state index in [1.165, 1.54) is 12.1 Å². The average Bonchev–Trinajstić information content (AvgIpc) is 3.42. The van der Waals surface area contributed by atoms with Crippen molar-refractivity contribution in [1.82, 2.24) is 25.2 Å². The number of halogens is 2. The highest BCUT2D eigenvalue weighted by Gasteiger charge is 2.32. The minimum atomic E-state index is -0.803. The molecular weight excluding hydrogens is 404 g/mol. The molecule has 1 N–H and O–H groups in total. The van der Waals surface area contributed by atoms with E-state index in [1.54, 1.807) is 17.1 Å². The zero-order valence-corrected chi connectivity index (χ0v) is 16.8. The van der Waals surface area contributed by atoms with Gasteiger partial charge in [0.25, 0.3) is 5.91 Å². The van der Waals surface area contributed by atoms with Gasteiger partial charge in [-0.2, -0.15) is 5.10 Å². The number of nitrogens with zero attached hydrogens (tertiary/aromatic N) is 4. The highest BCUT2D eigenvalue weighted by Crippen LogP contribution is 2.30. The Bertz CT molecular complexity index is 1220. The fourth-order valence-corrected chi connectivity index (χ4v) is 3.28. The molecule has 0 spiro atoms. The van der Waals surface area contributed by atoms with Crippen LogP contribution >= 0.6 is 0 Å². The van der Waals surface area contributed by atoms with Gasteiger partial charge in [-0.1, -0.05) is 11.2 Å². The number of carbonyl (C=O) groups is 1. The Balaban J connectivity index is 1.56. The lowest BCUT2D eigenvalue weighted by Gasteiger charge is -2.28. The average molecular weight is 423 g/mol. The fourth-order valence-electron chi connectivity index (χ4n) is 3.28. The summed E-state index contributed by atoms with van der Waals surface area (Å²) in [5, 5.41) is 10.8. The van der Waals surface area contributed by atoms with Crippen LogP contribution in [0.25, 0.3) is 11.3 Å². The first-order valence-electron chi connectivity index (χ1n) is 9.48. The van der Waals surface area contributed by atoms with Crippen molar-refractivity contribution in [2.24, 2.45) is 7.05 Å². The molecule has 31 heavy (non-hydrogen) atoms. The number of benzene rings is 1. The molecule has 0 saturated carbocycles. The van der Waals surface area contributed by atoms with E-state index in [0.29, 0.717) is 0 Å². The van der Waals surface area contributed by atoms with Crippen molar-refractivity contribution in [3.8, 4) is 11.3 Å². The fraction of sp³-hybridized carbons (Fsp3) is 0.182. The molecule has 1 aromatic carbocycles. The van der Waals surface area contributed by atoms with Crippen LogP contribution in [0.3, 0.4) is 0 Å². The number of hydrogen-bond donors (Lipinski definition) is 1. The SMILES string of the molecule is Cn1cc(C(C)(CNC(=O)c2cc(-c3ccc(F)cc3F)on2)c2ccccn2)cn1. The van der Waals surface area contributed by atoms with Gasteiger partial charge < -0.3 is 9.84 Å². The number of nitrogens with one attached hydrogen (secondary N) is 1. The summed E-state index contributed by atoms with van der Waals surface area (Å²) in [5.41, 5.74) is 0.983. The third kappa shape index (κ3) is 4.07. The van der Waals surface area contributed by atoms with E-state index in [0.717, 1.165) is 23.4 Å². The van der Waals surface area contributed by atoms with Crippen LogP contribution in [-0.2, 0) is 12.5 Å². The van der Waals surface area contributed by atoms with Gasteiger partial charge in [-0.05, 0) is 31.2 Å². The van der Waals surface area contributed by atoms with E-state index in [4.69, 9.17) is 4.52 Å². The van der Waals surface area contributed by atoms with Crippen LogP contribution in [0.15, 0.2) is 65.6 Å². The van der Waals surface area contributed by atoms with Gasteiger partial charge in [-0.25, -0.2) is 8.78 Å². The Kier molecular flexibility index (Phi) is 5.33. The summed E-state index contributed by atoms with van der Waals surface area (Å²) in [4.78, 5) is 17.2. The van der Waals surface area contributed by atoms with Gasteiger partial charge in [0.05, 0.1) is 22.9 Å². The zero-order valence-electron chi connectivity index (χ0n) is 16.8. The summed E-state index contributed by atoms with van der Waals surface area (Å²) in [6.45, 7) is 2.16. The Labute approximate surface area is 176 Å². The minimum Gasteiger partial charge on any atom is -0.355 e.